The van der Waals surface area contributed by atoms with E-state index >= 15 is 0 Å². The Kier molecular flexibility index (Phi) is 5.20. The van der Waals surface area contributed by atoms with Gasteiger partial charge >= 0.3 is 6.03 Å². The largest absolute Gasteiger partial charge is 0.344 e. The Morgan fingerprint density at radius 3 is 1.93 bits per heavy atom. The van der Waals surface area contributed by atoms with Crippen molar-refractivity contribution in [3.05, 3.63) is 102 Å². The van der Waals surface area contributed by atoms with Gasteiger partial charge in [0.15, 0.2) is 10.7 Å². The number of amides is 3. The first kappa shape index (κ1) is 19.6. The Morgan fingerprint density at radius 2 is 1.40 bits per heavy atom. The molecule has 3 N–H and O–H groups in total. The summed E-state index contributed by atoms with van der Waals surface area (Å²) < 4.78 is 0. The SMILES string of the molecule is Cc1ccc(NC(=S)NN2C(=O)NC(c3ccccc3)(c3ccccc3)C2=O)cc1. The van der Waals surface area contributed by atoms with Crippen molar-refractivity contribution in [1.82, 2.24) is 15.8 Å². The van der Waals surface area contributed by atoms with Crippen molar-refractivity contribution in [3.63, 3.8) is 0 Å². The molecule has 1 heterocycles. The number of nitrogens with one attached hydrogen (secondary N) is 3. The van der Waals surface area contributed by atoms with Gasteiger partial charge in [0.2, 0.25) is 0 Å². The van der Waals surface area contributed by atoms with E-state index < -0.39 is 17.5 Å². The van der Waals surface area contributed by atoms with Crippen molar-refractivity contribution in [1.29, 1.82) is 0 Å². The highest BCUT2D eigenvalue weighted by atomic mass is 32.1. The second-order valence-corrected chi connectivity index (χ2v) is 7.39. The molecule has 4 rings (SSSR count). The number of hydrazine groups is 1. The Bertz CT molecular complexity index is 1050. The molecule has 0 radical (unpaired) electrons. The van der Waals surface area contributed by atoms with E-state index in [0.717, 1.165) is 16.3 Å². The van der Waals surface area contributed by atoms with E-state index in [1.54, 1.807) is 0 Å². The van der Waals surface area contributed by atoms with Crippen LogP contribution in [0.15, 0.2) is 84.9 Å². The van der Waals surface area contributed by atoms with Crippen LogP contribution in [0, 0.1) is 6.92 Å². The molecule has 30 heavy (non-hydrogen) atoms. The summed E-state index contributed by atoms with van der Waals surface area (Å²) in [4.78, 5) is 26.4. The summed E-state index contributed by atoms with van der Waals surface area (Å²) in [5, 5.41) is 6.91. The fourth-order valence-corrected chi connectivity index (χ4v) is 3.67. The predicted molar refractivity (Wildman–Crippen MR) is 120 cm³/mol. The standard InChI is InChI=1S/C23H20N4O2S/c1-16-12-14-19(15-13-16)24-21(30)26-27-20(28)23(25-22(27)29,17-8-4-2-5-9-17)18-10-6-3-7-11-18/h2-15H,1H3,(H,25,29)(H2,24,26,30). The molecule has 3 amide bonds. The average Bonchev–Trinajstić information content (AvgIpc) is 3.02. The number of hydrogen-bond acceptors (Lipinski definition) is 3. The van der Waals surface area contributed by atoms with Crippen molar-refractivity contribution in [2.75, 3.05) is 5.32 Å². The van der Waals surface area contributed by atoms with Gasteiger partial charge in [0, 0.05) is 5.69 Å². The van der Waals surface area contributed by atoms with Gasteiger partial charge in [-0.05, 0) is 42.4 Å². The molecule has 0 aliphatic carbocycles. The summed E-state index contributed by atoms with van der Waals surface area (Å²) in [5.41, 5.74) is 4.58. The smallest absolute Gasteiger partial charge is 0.331 e. The molecule has 6 nitrogen and oxygen atoms in total. The topological polar surface area (TPSA) is 73.5 Å². The lowest BCUT2D eigenvalue weighted by Gasteiger charge is -2.28. The molecule has 7 heteroatoms. The molecule has 3 aromatic rings. The molecule has 1 saturated heterocycles. The lowest BCUT2D eigenvalue weighted by molar-refractivity contribution is -0.131. The van der Waals surface area contributed by atoms with Gasteiger partial charge in [0.05, 0.1) is 0 Å². The van der Waals surface area contributed by atoms with Crippen LogP contribution >= 0.6 is 12.2 Å². The first-order valence-corrected chi connectivity index (χ1v) is 9.83. The molecule has 3 aromatic carbocycles. The third-order valence-corrected chi connectivity index (χ3v) is 5.15. The van der Waals surface area contributed by atoms with Gasteiger partial charge in [-0.3, -0.25) is 10.2 Å². The van der Waals surface area contributed by atoms with E-state index in [0.29, 0.717) is 11.1 Å². The second-order valence-electron chi connectivity index (χ2n) is 6.98. The van der Waals surface area contributed by atoms with Crippen molar-refractivity contribution in [2.45, 2.75) is 12.5 Å². The number of anilines is 1. The van der Waals surface area contributed by atoms with Crippen LogP contribution in [0.1, 0.15) is 16.7 Å². The third kappa shape index (κ3) is 3.51. The molecule has 0 spiro atoms. The maximum atomic E-state index is 13.6. The van der Waals surface area contributed by atoms with Gasteiger partial charge in [-0.25, -0.2) is 4.79 Å². The van der Waals surface area contributed by atoms with Gasteiger partial charge in [-0.2, -0.15) is 5.01 Å². The zero-order valence-corrected chi connectivity index (χ0v) is 17.1. The Morgan fingerprint density at radius 1 is 0.867 bits per heavy atom. The molecule has 1 aliphatic heterocycles. The fourth-order valence-electron chi connectivity index (χ4n) is 3.46. The summed E-state index contributed by atoms with van der Waals surface area (Å²) in [6.45, 7) is 1.99. The maximum Gasteiger partial charge on any atom is 0.344 e. The molecule has 0 atom stereocenters. The van der Waals surface area contributed by atoms with Crippen LogP contribution in [0.4, 0.5) is 10.5 Å². The molecule has 0 saturated carbocycles. The fraction of sp³-hybridized carbons (Fsp3) is 0.0870. The Hall–Kier alpha value is -3.71. The highest BCUT2D eigenvalue weighted by Crippen LogP contribution is 2.35. The quantitative estimate of drug-likeness (QED) is 0.447. The van der Waals surface area contributed by atoms with Crippen molar-refractivity contribution < 1.29 is 9.59 Å². The predicted octanol–water partition coefficient (Wildman–Crippen LogP) is 3.69. The van der Waals surface area contributed by atoms with E-state index in [9.17, 15) is 9.59 Å². The molecule has 0 unspecified atom stereocenters. The Balaban J connectivity index is 1.64. The van der Waals surface area contributed by atoms with Crippen LogP contribution in [-0.2, 0) is 10.3 Å². The van der Waals surface area contributed by atoms with Gasteiger partial charge in [0.1, 0.15) is 0 Å². The third-order valence-electron chi connectivity index (χ3n) is 4.96. The summed E-state index contributed by atoms with van der Waals surface area (Å²) >= 11 is 5.32. The Labute approximate surface area is 179 Å². The first-order chi connectivity index (χ1) is 14.5. The van der Waals surface area contributed by atoms with Crippen molar-refractivity contribution in [3.8, 4) is 0 Å². The molecule has 150 valence electrons. The van der Waals surface area contributed by atoms with E-state index in [4.69, 9.17) is 12.2 Å². The second kappa shape index (κ2) is 7.96. The summed E-state index contributed by atoms with van der Waals surface area (Å²) in [5.74, 6) is -0.460. The van der Waals surface area contributed by atoms with Crippen LogP contribution in [0.25, 0.3) is 0 Å². The first-order valence-electron chi connectivity index (χ1n) is 9.43. The van der Waals surface area contributed by atoms with Gasteiger partial charge in [0.25, 0.3) is 5.91 Å². The molecular formula is C23H20N4O2S. The van der Waals surface area contributed by atoms with Gasteiger partial charge < -0.3 is 10.6 Å². The number of nitrogens with zero attached hydrogens (tertiary/aromatic N) is 1. The zero-order chi connectivity index (χ0) is 21.1. The summed E-state index contributed by atoms with van der Waals surface area (Å²) in [6.07, 6.45) is 0. The minimum Gasteiger partial charge on any atom is -0.331 e. The summed E-state index contributed by atoms with van der Waals surface area (Å²) in [6, 6.07) is 25.4. The number of imide groups is 1. The van der Waals surface area contributed by atoms with E-state index in [2.05, 4.69) is 16.1 Å². The van der Waals surface area contributed by atoms with Crippen LogP contribution in [0.5, 0.6) is 0 Å². The normalized spacial score (nSPS) is 14.9. The molecule has 1 fully saturated rings. The van der Waals surface area contributed by atoms with Crippen molar-refractivity contribution in [2.24, 2.45) is 0 Å². The number of benzene rings is 3. The van der Waals surface area contributed by atoms with Crippen molar-refractivity contribution >= 4 is 35.0 Å². The molecular weight excluding hydrogens is 396 g/mol. The van der Waals surface area contributed by atoms with E-state index in [1.807, 2.05) is 91.9 Å². The van der Waals surface area contributed by atoms with Gasteiger partial charge in [-0.15, -0.1) is 0 Å². The highest BCUT2D eigenvalue weighted by Gasteiger charge is 2.54. The van der Waals surface area contributed by atoms with Gasteiger partial charge in [-0.1, -0.05) is 78.4 Å². The monoisotopic (exact) mass is 416 g/mol. The minimum absolute atomic E-state index is 0.138. The van der Waals surface area contributed by atoms with E-state index in [-0.39, 0.29) is 5.11 Å². The maximum absolute atomic E-state index is 13.6. The average molecular weight is 417 g/mol. The van der Waals surface area contributed by atoms with Crippen LogP contribution in [-0.4, -0.2) is 22.1 Å². The van der Waals surface area contributed by atoms with E-state index in [1.165, 1.54) is 0 Å². The van der Waals surface area contributed by atoms with Crippen LogP contribution < -0.4 is 16.1 Å². The molecule has 0 bridgehead atoms. The summed E-state index contributed by atoms with van der Waals surface area (Å²) in [7, 11) is 0. The lowest BCUT2D eigenvalue weighted by atomic mass is 9.83. The molecule has 1 aliphatic rings. The zero-order valence-electron chi connectivity index (χ0n) is 16.3. The number of hydrogen-bond donors (Lipinski definition) is 3. The van der Waals surface area contributed by atoms with Crippen LogP contribution in [0.2, 0.25) is 0 Å². The number of carbonyl (C=O) groups is 2. The van der Waals surface area contributed by atoms with Crippen LogP contribution in [0.3, 0.4) is 0 Å². The number of urea groups is 1. The number of carbonyl (C=O) groups excluding carboxylic acids is 2. The minimum atomic E-state index is -1.34. The number of rotatable bonds is 4. The number of thiocarbonyl (C=S) groups is 1. The number of aryl methyl sites for hydroxylation is 1. The lowest BCUT2D eigenvalue weighted by Crippen LogP contribution is -2.50. The highest BCUT2D eigenvalue weighted by molar-refractivity contribution is 7.80. The molecule has 0 aromatic heterocycles.